The van der Waals surface area contributed by atoms with Crippen LogP contribution in [-0.4, -0.2) is 34.7 Å². The number of halogens is 3. The maximum absolute atomic E-state index is 12.3. The Bertz CT molecular complexity index is 1190. The summed E-state index contributed by atoms with van der Waals surface area (Å²) in [5.41, 5.74) is 5.60. The Morgan fingerprint density at radius 2 is 1.88 bits per heavy atom. The van der Waals surface area contributed by atoms with Crippen molar-refractivity contribution in [3.8, 4) is 0 Å². The van der Waals surface area contributed by atoms with Crippen LogP contribution in [0.5, 0.6) is 0 Å². The first-order chi connectivity index (χ1) is 15.3. The molecule has 1 heterocycles. The molecule has 32 heavy (non-hydrogen) atoms. The number of carbonyl (C=O) groups is 1. The molecule has 10 heteroatoms. The van der Waals surface area contributed by atoms with E-state index >= 15 is 0 Å². The van der Waals surface area contributed by atoms with Gasteiger partial charge in [-0.25, -0.2) is 0 Å². The van der Waals surface area contributed by atoms with Crippen LogP contribution in [0, 0.1) is 0 Å². The number of thiocarbonyl (C=S) groups is 1. The standard InChI is InChI=1S/C22H20Cl3N5OS/c1-13(10-21(31)14-2-5-17(24)18(25)11-14)29-30-22(32)28-9-8-27-19-6-7-26-20-12-15(23)3-4-16(19)20/h2-7,11-12H,8-10H2,1H3,(H,26,27)(H2,28,30,32)/b29-13+. The van der Waals surface area contributed by atoms with Crippen molar-refractivity contribution in [1.82, 2.24) is 15.7 Å². The normalized spacial score (nSPS) is 11.3. The molecule has 1 aromatic heterocycles. The molecule has 3 aromatic rings. The Balaban J connectivity index is 1.43. The van der Waals surface area contributed by atoms with Crippen LogP contribution in [0.4, 0.5) is 5.69 Å². The Morgan fingerprint density at radius 3 is 2.66 bits per heavy atom. The molecule has 0 spiro atoms. The number of nitrogens with zero attached hydrogens (tertiary/aromatic N) is 2. The van der Waals surface area contributed by atoms with E-state index in [4.69, 9.17) is 47.0 Å². The van der Waals surface area contributed by atoms with E-state index in [0.717, 1.165) is 16.6 Å². The number of hydrazone groups is 1. The van der Waals surface area contributed by atoms with Gasteiger partial charge in [-0.05, 0) is 61.6 Å². The van der Waals surface area contributed by atoms with Gasteiger partial charge in [-0.2, -0.15) is 5.10 Å². The molecular formula is C22H20Cl3N5OS. The first kappa shape index (κ1) is 24.2. The fraction of sp³-hybridized carbons (Fsp3) is 0.182. The maximum Gasteiger partial charge on any atom is 0.187 e. The largest absolute Gasteiger partial charge is 0.383 e. The highest BCUT2D eigenvalue weighted by molar-refractivity contribution is 7.80. The molecule has 2 aromatic carbocycles. The van der Waals surface area contributed by atoms with Crippen LogP contribution in [0.2, 0.25) is 15.1 Å². The fourth-order valence-electron chi connectivity index (χ4n) is 2.88. The summed E-state index contributed by atoms with van der Waals surface area (Å²) < 4.78 is 0. The highest BCUT2D eigenvalue weighted by Gasteiger charge is 2.10. The van der Waals surface area contributed by atoms with E-state index in [0.29, 0.717) is 44.5 Å². The highest BCUT2D eigenvalue weighted by atomic mass is 35.5. The zero-order chi connectivity index (χ0) is 23.1. The summed E-state index contributed by atoms with van der Waals surface area (Å²) in [6, 6.07) is 12.3. The third kappa shape index (κ3) is 6.77. The number of pyridine rings is 1. The summed E-state index contributed by atoms with van der Waals surface area (Å²) in [5, 5.41) is 13.3. The average Bonchev–Trinajstić information content (AvgIpc) is 2.76. The molecule has 6 nitrogen and oxygen atoms in total. The minimum atomic E-state index is -0.111. The number of carbonyl (C=O) groups excluding carboxylic acids is 1. The molecule has 0 bridgehead atoms. The molecule has 3 rings (SSSR count). The number of hydrogen-bond donors (Lipinski definition) is 3. The second-order valence-electron chi connectivity index (χ2n) is 6.89. The van der Waals surface area contributed by atoms with Crippen molar-refractivity contribution in [2.75, 3.05) is 18.4 Å². The fourth-order valence-corrected chi connectivity index (χ4v) is 3.49. The van der Waals surface area contributed by atoms with Crippen molar-refractivity contribution in [3.63, 3.8) is 0 Å². The van der Waals surface area contributed by atoms with E-state index < -0.39 is 0 Å². The number of benzene rings is 2. The van der Waals surface area contributed by atoms with Crippen molar-refractivity contribution >= 4 is 80.2 Å². The molecule has 0 fully saturated rings. The molecule has 0 aliphatic heterocycles. The first-order valence-corrected chi connectivity index (χ1v) is 11.2. The van der Waals surface area contributed by atoms with E-state index in [-0.39, 0.29) is 12.2 Å². The quantitative estimate of drug-likeness (QED) is 0.119. The van der Waals surface area contributed by atoms with Crippen LogP contribution in [0.3, 0.4) is 0 Å². The van der Waals surface area contributed by atoms with Gasteiger partial charge in [-0.3, -0.25) is 15.2 Å². The molecule has 0 amide bonds. The molecule has 3 N–H and O–H groups in total. The maximum atomic E-state index is 12.3. The molecule has 166 valence electrons. The van der Waals surface area contributed by atoms with Crippen LogP contribution >= 0.6 is 47.0 Å². The molecule has 0 saturated carbocycles. The molecule has 0 aliphatic rings. The van der Waals surface area contributed by atoms with E-state index in [2.05, 4.69) is 26.1 Å². The van der Waals surface area contributed by atoms with Gasteiger partial charge in [0, 0.05) is 46.7 Å². The second kappa shape index (κ2) is 11.4. The van der Waals surface area contributed by atoms with E-state index in [1.165, 1.54) is 0 Å². The lowest BCUT2D eigenvalue weighted by Gasteiger charge is -2.11. The molecule has 0 atom stereocenters. The van der Waals surface area contributed by atoms with Crippen molar-refractivity contribution in [2.45, 2.75) is 13.3 Å². The molecule has 0 unspecified atom stereocenters. The SMILES string of the molecule is C/C(CC(=O)c1ccc(Cl)c(Cl)c1)=N\NC(=S)NCCNc1ccnc2cc(Cl)ccc12. The molecular weight excluding hydrogens is 489 g/mol. The minimum Gasteiger partial charge on any atom is -0.383 e. The van der Waals surface area contributed by atoms with Crippen LogP contribution < -0.4 is 16.1 Å². The number of rotatable bonds is 8. The number of anilines is 1. The van der Waals surface area contributed by atoms with Gasteiger partial charge in [-0.15, -0.1) is 0 Å². The average molecular weight is 509 g/mol. The number of aromatic nitrogens is 1. The highest BCUT2D eigenvalue weighted by Crippen LogP contribution is 2.24. The Hall–Kier alpha value is -2.45. The van der Waals surface area contributed by atoms with Crippen LogP contribution in [-0.2, 0) is 0 Å². The van der Waals surface area contributed by atoms with Gasteiger partial charge in [0.15, 0.2) is 10.9 Å². The van der Waals surface area contributed by atoms with Gasteiger partial charge in [0.05, 0.1) is 22.0 Å². The van der Waals surface area contributed by atoms with Gasteiger partial charge in [-0.1, -0.05) is 34.8 Å². The van der Waals surface area contributed by atoms with E-state index in [9.17, 15) is 4.79 Å². The van der Waals surface area contributed by atoms with Gasteiger partial charge in [0.2, 0.25) is 0 Å². The lowest BCUT2D eigenvalue weighted by Crippen LogP contribution is -2.35. The van der Waals surface area contributed by atoms with Gasteiger partial charge in [0.25, 0.3) is 0 Å². The summed E-state index contributed by atoms with van der Waals surface area (Å²) in [4.78, 5) is 16.7. The third-order valence-corrected chi connectivity index (χ3v) is 5.65. The number of ketones is 1. The monoisotopic (exact) mass is 507 g/mol. The zero-order valence-corrected chi connectivity index (χ0v) is 20.2. The molecule has 0 aliphatic carbocycles. The van der Waals surface area contributed by atoms with Crippen LogP contribution in [0.25, 0.3) is 10.9 Å². The second-order valence-corrected chi connectivity index (χ2v) is 8.55. The summed E-state index contributed by atoms with van der Waals surface area (Å²) in [6.07, 6.45) is 1.87. The van der Waals surface area contributed by atoms with Crippen LogP contribution in [0.1, 0.15) is 23.7 Å². The number of Topliss-reactive ketones (excluding diaryl/α,β-unsaturated/α-hetero) is 1. The summed E-state index contributed by atoms with van der Waals surface area (Å²) in [6.45, 7) is 2.94. The van der Waals surface area contributed by atoms with Crippen molar-refractivity contribution in [2.24, 2.45) is 5.10 Å². The predicted molar refractivity (Wildman–Crippen MR) is 137 cm³/mol. The molecule has 0 radical (unpaired) electrons. The zero-order valence-electron chi connectivity index (χ0n) is 17.1. The smallest absolute Gasteiger partial charge is 0.187 e. The first-order valence-electron chi connectivity index (χ1n) is 9.67. The van der Waals surface area contributed by atoms with E-state index in [1.54, 1.807) is 31.3 Å². The Kier molecular flexibility index (Phi) is 8.64. The van der Waals surface area contributed by atoms with Gasteiger partial charge < -0.3 is 10.6 Å². The van der Waals surface area contributed by atoms with Gasteiger partial charge >= 0.3 is 0 Å². The lowest BCUT2D eigenvalue weighted by atomic mass is 10.1. The van der Waals surface area contributed by atoms with Crippen molar-refractivity contribution in [1.29, 1.82) is 0 Å². The van der Waals surface area contributed by atoms with Crippen molar-refractivity contribution < 1.29 is 4.79 Å². The van der Waals surface area contributed by atoms with Crippen LogP contribution in [0.15, 0.2) is 53.8 Å². The minimum absolute atomic E-state index is 0.111. The predicted octanol–water partition coefficient (Wildman–Crippen LogP) is 5.72. The summed E-state index contributed by atoms with van der Waals surface area (Å²) >= 11 is 23.1. The Labute approximate surface area is 206 Å². The third-order valence-electron chi connectivity index (χ3n) is 4.44. The molecule has 0 saturated heterocycles. The Morgan fingerprint density at radius 1 is 1.06 bits per heavy atom. The summed E-state index contributed by atoms with van der Waals surface area (Å²) in [7, 11) is 0. The van der Waals surface area contributed by atoms with Gasteiger partial charge in [0.1, 0.15) is 0 Å². The number of hydrogen-bond acceptors (Lipinski definition) is 5. The number of fused-ring (bicyclic) bond motifs is 1. The lowest BCUT2D eigenvalue weighted by molar-refractivity contribution is 0.100. The number of nitrogens with one attached hydrogen (secondary N) is 3. The topological polar surface area (TPSA) is 78.4 Å². The summed E-state index contributed by atoms with van der Waals surface area (Å²) in [5.74, 6) is -0.111. The van der Waals surface area contributed by atoms with E-state index in [1.807, 2.05) is 24.3 Å². The van der Waals surface area contributed by atoms with Crippen molar-refractivity contribution in [3.05, 3.63) is 69.3 Å².